The summed E-state index contributed by atoms with van der Waals surface area (Å²) in [6, 6.07) is 5.60. The molecule has 48 heavy (non-hydrogen) atoms. The number of nitrogens with one attached hydrogen (secondary N) is 1. The van der Waals surface area contributed by atoms with Gasteiger partial charge in [-0.3, -0.25) is 9.59 Å². The van der Waals surface area contributed by atoms with Crippen molar-refractivity contribution in [2.24, 2.45) is 0 Å². The SMILES string of the molecule is CC[n+]1c(CNC(=O)c2nc(Br)c(N)nc2N)n(C[C@@H]2CCCO2)c2cccc(OCC(=O)N3C[C@H](O)[C@@H](O)C3)c21.O=C([O-])C(F)(F)F. The summed E-state index contributed by atoms with van der Waals surface area (Å²) in [7, 11) is 0. The summed E-state index contributed by atoms with van der Waals surface area (Å²) in [5, 5.41) is 31.3. The second kappa shape index (κ2) is 15.3. The average molecular weight is 748 g/mol. The van der Waals surface area contributed by atoms with Gasteiger partial charge in [-0.25, -0.2) is 19.1 Å². The van der Waals surface area contributed by atoms with Crippen molar-refractivity contribution < 1.29 is 56.9 Å². The molecule has 0 unspecified atom stereocenters. The van der Waals surface area contributed by atoms with Crippen LogP contribution in [0.4, 0.5) is 24.8 Å². The smallest absolute Gasteiger partial charge is 0.430 e. The van der Waals surface area contributed by atoms with Crippen LogP contribution in [0.15, 0.2) is 22.8 Å². The summed E-state index contributed by atoms with van der Waals surface area (Å²) in [5.41, 5.74) is 13.2. The number of carboxylic acids is 1. The third kappa shape index (κ3) is 8.41. The first-order valence-electron chi connectivity index (χ1n) is 14.7. The minimum atomic E-state index is -5.19. The van der Waals surface area contributed by atoms with E-state index in [0.29, 0.717) is 25.4 Å². The van der Waals surface area contributed by atoms with Crippen LogP contribution < -0.4 is 31.2 Å². The largest absolute Gasteiger partial charge is 0.542 e. The minimum absolute atomic E-state index is 0.0131. The zero-order chi connectivity index (χ0) is 35.3. The number of aryl methyl sites for hydroxylation is 1. The number of hydrogen-bond acceptors (Lipinski definition) is 12. The van der Waals surface area contributed by atoms with E-state index in [9.17, 15) is 33.0 Å². The summed E-state index contributed by atoms with van der Waals surface area (Å²) < 4.78 is 47.9. The van der Waals surface area contributed by atoms with Crippen molar-refractivity contribution >= 4 is 56.4 Å². The van der Waals surface area contributed by atoms with Crippen molar-refractivity contribution in [3.05, 3.63) is 34.3 Å². The summed E-state index contributed by atoms with van der Waals surface area (Å²) in [5.74, 6) is -2.56. The number of carbonyl (C=O) groups is 3. The lowest BCUT2D eigenvalue weighted by Gasteiger charge is -2.15. The minimum Gasteiger partial charge on any atom is -0.542 e. The van der Waals surface area contributed by atoms with Crippen LogP contribution in [-0.2, 0) is 34.0 Å². The van der Waals surface area contributed by atoms with E-state index in [-0.39, 0.29) is 60.2 Å². The van der Waals surface area contributed by atoms with Crippen molar-refractivity contribution in [3.8, 4) is 5.75 Å². The Morgan fingerprint density at radius 1 is 1.19 bits per heavy atom. The van der Waals surface area contributed by atoms with E-state index in [1.807, 2.05) is 23.6 Å². The second-order valence-electron chi connectivity index (χ2n) is 10.9. The number of hydrogen-bond donors (Lipinski definition) is 5. The van der Waals surface area contributed by atoms with Crippen molar-refractivity contribution in [1.82, 2.24) is 24.8 Å². The predicted octanol–water partition coefficient (Wildman–Crippen LogP) is -0.984. The number of carbonyl (C=O) groups excluding carboxylic acids is 3. The number of benzene rings is 1. The van der Waals surface area contributed by atoms with E-state index in [1.54, 1.807) is 6.07 Å². The number of imidazole rings is 1. The van der Waals surface area contributed by atoms with Crippen molar-refractivity contribution in [2.75, 3.05) is 37.8 Å². The second-order valence-corrected chi connectivity index (χ2v) is 11.6. The zero-order valence-electron chi connectivity index (χ0n) is 25.6. The number of alkyl halides is 3. The Morgan fingerprint density at radius 3 is 2.44 bits per heavy atom. The fourth-order valence-electron chi connectivity index (χ4n) is 5.31. The number of β-amino-alcohol motifs (C(OH)–C–C–N with tert-alkyl or cyclic N) is 2. The number of aliphatic hydroxyl groups is 2. The molecule has 20 heteroatoms. The fourth-order valence-corrected chi connectivity index (χ4v) is 5.58. The predicted molar refractivity (Wildman–Crippen MR) is 162 cm³/mol. The molecule has 7 N–H and O–H groups in total. The number of aliphatic carboxylic acids is 1. The van der Waals surface area contributed by atoms with E-state index in [2.05, 4.69) is 35.8 Å². The van der Waals surface area contributed by atoms with Gasteiger partial charge in [0, 0.05) is 19.7 Å². The Morgan fingerprint density at radius 2 is 1.85 bits per heavy atom. The van der Waals surface area contributed by atoms with Crippen LogP contribution >= 0.6 is 15.9 Å². The molecule has 262 valence electrons. The molecule has 1 aromatic carbocycles. The zero-order valence-corrected chi connectivity index (χ0v) is 27.2. The number of halogens is 4. The molecule has 0 saturated carbocycles. The number of para-hydroxylation sites is 1. The number of aromatic nitrogens is 4. The maximum atomic E-state index is 13.1. The highest BCUT2D eigenvalue weighted by atomic mass is 79.9. The lowest BCUT2D eigenvalue weighted by molar-refractivity contribution is -0.676. The monoisotopic (exact) mass is 746 g/mol. The highest BCUT2D eigenvalue weighted by molar-refractivity contribution is 9.10. The van der Waals surface area contributed by atoms with Gasteiger partial charge in [0.25, 0.3) is 17.6 Å². The van der Waals surface area contributed by atoms with Crippen molar-refractivity contribution in [2.45, 2.75) is 63.9 Å². The number of likely N-dealkylation sites (tertiary alicyclic amines) is 1. The van der Waals surface area contributed by atoms with Crippen LogP contribution in [0.2, 0.25) is 0 Å². The first-order chi connectivity index (χ1) is 22.6. The Bertz CT molecular complexity index is 1660. The van der Waals surface area contributed by atoms with E-state index in [4.69, 9.17) is 30.8 Å². The number of rotatable bonds is 9. The van der Waals surface area contributed by atoms with Gasteiger partial charge in [0.2, 0.25) is 5.52 Å². The summed E-state index contributed by atoms with van der Waals surface area (Å²) in [6.07, 6.45) is -5.22. The van der Waals surface area contributed by atoms with Crippen LogP contribution in [0.5, 0.6) is 5.75 Å². The van der Waals surface area contributed by atoms with Crippen molar-refractivity contribution in [1.29, 1.82) is 0 Å². The van der Waals surface area contributed by atoms with Gasteiger partial charge in [0.05, 0.1) is 24.9 Å². The summed E-state index contributed by atoms with van der Waals surface area (Å²) in [4.78, 5) is 44.1. The molecule has 4 heterocycles. The third-order valence-corrected chi connectivity index (χ3v) is 8.19. The topological polar surface area (TPSA) is 235 Å². The highest BCUT2D eigenvalue weighted by Crippen LogP contribution is 2.27. The fraction of sp³-hybridized carbons (Fsp3) is 0.500. The quantitative estimate of drug-likeness (QED) is 0.166. The molecule has 2 fully saturated rings. The first-order valence-corrected chi connectivity index (χ1v) is 15.5. The lowest BCUT2D eigenvalue weighted by Crippen LogP contribution is -2.41. The van der Waals surface area contributed by atoms with Gasteiger partial charge in [-0.15, -0.1) is 0 Å². The van der Waals surface area contributed by atoms with E-state index in [0.717, 1.165) is 29.7 Å². The number of carboxylic acid groups (broad SMARTS) is 1. The number of nitrogens with two attached hydrogens (primary N) is 2. The molecular formula is C28H34BrF3N8O8. The molecule has 5 rings (SSSR count). The number of nitrogen functional groups attached to an aromatic ring is 2. The Kier molecular flexibility index (Phi) is 11.7. The van der Waals surface area contributed by atoms with E-state index >= 15 is 0 Å². The Hall–Kier alpha value is -4.27. The lowest BCUT2D eigenvalue weighted by atomic mass is 10.2. The van der Waals surface area contributed by atoms with Gasteiger partial charge in [-0.1, -0.05) is 6.07 Å². The van der Waals surface area contributed by atoms with Crippen LogP contribution in [-0.4, -0.2) is 98.2 Å². The number of anilines is 2. The molecule has 3 atom stereocenters. The molecule has 16 nitrogen and oxygen atoms in total. The van der Waals surface area contributed by atoms with Crippen LogP contribution in [0.1, 0.15) is 36.1 Å². The van der Waals surface area contributed by atoms with Crippen LogP contribution in [0.3, 0.4) is 0 Å². The van der Waals surface area contributed by atoms with Gasteiger partial charge >= 0.3 is 6.18 Å². The van der Waals surface area contributed by atoms with Crippen LogP contribution in [0, 0.1) is 0 Å². The van der Waals surface area contributed by atoms with Gasteiger partial charge < -0.3 is 51.3 Å². The molecule has 2 amide bonds. The molecular weight excluding hydrogens is 713 g/mol. The Balaban J connectivity index is 0.000000671. The molecule has 0 bridgehead atoms. The number of fused-ring (bicyclic) bond motifs is 1. The number of ether oxygens (including phenoxy) is 2. The number of amides is 2. The third-order valence-electron chi connectivity index (χ3n) is 7.61. The molecule has 2 aliphatic rings. The first kappa shape index (κ1) is 36.6. The normalized spacial score (nSPS) is 19.2. The molecule has 3 aromatic rings. The average Bonchev–Trinajstić information content (AvgIpc) is 3.74. The molecule has 0 aliphatic carbocycles. The molecule has 2 aromatic heterocycles. The maximum Gasteiger partial charge on any atom is 0.430 e. The van der Waals surface area contributed by atoms with Crippen molar-refractivity contribution in [3.63, 3.8) is 0 Å². The maximum absolute atomic E-state index is 13.1. The summed E-state index contributed by atoms with van der Waals surface area (Å²) >= 11 is 3.19. The number of nitrogens with zero attached hydrogens (tertiary/aromatic N) is 5. The summed E-state index contributed by atoms with van der Waals surface area (Å²) in [6.45, 7) is 3.80. The van der Waals surface area contributed by atoms with Gasteiger partial charge in [-0.2, -0.15) is 13.2 Å². The molecule has 2 saturated heterocycles. The number of aliphatic hydroxyl groups excluding tert-OH is 2. The van der Waals surface area contributed by atoms with Gasteiger partial charge in [0.1, 0.15) is 23.7 Å². The molecule has 0 radical (unpaired) electrons. The highest BCUT2D eigenvalue weighted by Gasteiger charge is 2.34. The van der Waals surface area contributed by atoms with Crippen LogP contribution in [0.25, 0.3) is 11.0 Å². The van der Waals surface area contributed by atoms with Gasteiger partial charge in [0.15, 0.2) is 35.2 Å². The van der Waals surface area contributed by atoms with Gasteiger partial charge in [-0.05, 0) is 47.8 Å². The Labute approximate surface area is 279 Å². The molecule has 0 spiro atoms. The molecule has 2 aliphatic heterocycles. The standard InChI is InChI=1S/C26H33BrN8O6.C2HF3O2/c1-2-34-19(9-30-26(39)21-24(28)32-25(29)23(27)31-21)35(10-14-5-4-8-40-14)15-6-3-7-18(22(15)34)41-13-20(38)33-11-16(36)17(37)12-33;3-2(4,5)1(6)7/h3,6-7,14,16-17,36-37H,2,4-5,8-13H2,1H3,(H4-,28,29,30,32,39);(H,6,7)/t14-,16-,17-;/m0./s1. The van der Waals surface area contributed by atoms with E-state index < -0.39 is 30.3 Å². The van der Waals surface area contributed by atoms with E-state index in [1.165, 1.54) is 4.90 Å².